The Morgan fingerprint density at radius 1 is 1.00 bits per heavy atom. The Morgan fingerprint density at radius 2 is 1.58 bits per heavy atom. The van der Waals surface area contributed by atoms with Crippen LogP contribution in [0.15, 0.2) is 12.2 Å². The summed E-state index contributed by atoms with van der Waals surface area (Å²) >= 11 is 0. The van der Waals surface area contributed by atoms with Gasteiger partial charge in [-0.05, 0) is 26.1 Å². The molecule has 0 spiro atoms. The summed E-state index contributed by atoms with van der Waals surface area (Å²) < 4.78 is 57.8. The first kappa shape index (κ1) is 18.7. The van der Waals surface area contributed by atoms with Crippen LogP contribution in [0.3, 0.4) is 0 Å². The number of hydrogen-bond donors (Lipinski definition) is 0. The molecule has 0 fully saturated rings. The lowest BCUT2D eigenvalue weighted by Crippen LogP contribution is -2.30. The highest BCUT2D eigenvalue weighted by molar-refractivity contribution is 7.86. The lowest BCUT2D eigenvalue weighted by Gasteiger charge is -2.15. The van der Waals surface area contributed by atoms with Crippen LogP contribution in [0.5, 0.6) is 0 Å². The van der Waals surface area contributed by atoms with Gasteiger partial charge in [0.2, 0.25) is 8.32 Å². The first-order chi connectivity index (χ1) is 8.41. The van der Waals surface area contributed by atoms with Gasteiger partial charge in [0.1, 0.15) is 0 Å². The number of hydrogen-bond acceptors (Lipinski definition) is 7. The summed E-state index contributed by atoms with van der Waals surface area (Å²) in [5.41, 5.74) is 0. The van der Waals surface area contributed by atoms with Crippen molar-refractivity contribution in [2.24, 2.45) is 0 Å². The Bertz CT molecular complexity index is 487. The minimum Gasteiger partial charge on any atom is -0.294 e. The highest BCUT2D eigenvalue weighted by Crippen LogP contribution is 2.09. The Labute approximate surface area is 116 Å². The summed E-state index contributed by atoms with van der Waals surface area (Å²) in [6.45, 7) is 5.04. The molecule has 0 heterocycles. The second-order valence-electron chi connectivity index (χ2n) is 4.67. The molecule has 114 valence electrons. The van der Waals surface area contributed by atoms with Crippen LogP contribution < -0.4 is 0 Å². The molecule has 0 rings (SSSR count). The van der Waals surface area contributed by atoms with Gasteiger partial charge in [-0.1, -0.05) is 12.2 Å². The Balaban J connectivity index is 3.90. The van der Waals surface area contributed by atoms with Gasteiger partial charge in [-0.2, -0.15) is 16.8 Å². The first-order valence-electron chi connectivity index (χ1n) is 5.51. The summed E-state index contributed by atoms with van der Waals surface area (Å²) in [5, 5.41) is 0. The fraction of sp³-hybridized carbons (Fsp3) is 0.778. The molecule has 19 heavy (non-hydrogen) atoms. The highest BCUT2D eigenvalue weighted by Gasteiger charge is 2.24. The third-order valence-electron chi connectivity index (χ3n) is 1.41. The molecule has 0 aliphatic carbocycles. The van der Waals surface area contributed by atoms with E-state index < -0.39 is 28.8 Å². The van der Waals surface area contributed by atoms with Gasteiger partial charge >= 0.3 is 10.4 Å². The van der Waals surface area contributed by atoms with E-state index in [0.717, 1.165) is 6.26 Å². The summed E-state index contributed by atoms with van der Waals surface area (Å²) in [7, 11) is -9.62. The lowest BCUT2D eigenvalue weighted by atomic mass is 10.4. The van der Waals surface area contributed by atoms with Gasteiger partial charge in [0.25, 0.3) is 10.1 Å². The third-order valence-corrected chi connectivity index (χ3v) is 5.25. The summed E-state index contributed by atoms with van der Waals surface area (Å²) in [6.07, 6.45) is 4.29. The second-order valence-corrected chi connectivity index (χ2v) is 12.3. The molecule has 0 bridgehead atoms. The van der Waals surface area contributed by atoms with Crippen LogP contribution in [0.25, 0.3) is 0 Å². The minimum absolute atomic E-state index is 0.0673. The molecule has 0 aromatic heterocycles. The fourth-order valence-electron chi connectivity index (χ4n) is 0.897. The largest absolute Gasteiger partial charge is 0.390 e. The van der Waals surface area contributed by atoms with Crippen molar-refractivity contribution in [3.8, 4) is 0 Å². The molecule has 0 aromatic rings. The molecule has 0 aliphatic rings. The van der Waals surface area contributed by atoms with Gasteiger partial charge in [0.05, 0.1) is 19.5 Å². The van der Waals surface area contributed by atoms with Gasteiger partial charge in [0.15, 0.2) is 0 Å². The zero-order valence-corrected chi connectivity index (χ0v) is 14.1. The van der Waals surface area contributed by atoms with Gasteiger partial charge in [0, 0.05) is 0 Å². The molecule has 0 amide bonds. The number of rotatable bonds is 9. The molecule has 10 heteroatoms. The molecule has 0 saturated carbocycles. The second kappa shape index (κ2) is 7.50. The van der Waals surface area contributed by atoms with E-state index in [1.54, 1.807) is 25.7 Å². The van der Waals surface area contributed by atoms with E-state index in [2.05, 4.69) is 8.37 Å². The van der Waals surface area contributed by atoms with E-state index >= 15 is 0 Å². The summed E-state index contributed by atoms with van der Waals surface area (Å²) in [5.74, 6) is 0. The molecule has 0 saturated heterocycles. The van der Waals surface area contributed by atoms with Crippen LogP contribution in [-0.4, -0.2) is 44.6 Å². The summed E-state index contributed by atoms with van der Waals surface area (Å²) in [4.78, 5) is 0. The van der Waals surface area contributed by atoms with Crippen molar-refractivity contribution in [2.45, 2.75) is 26.1 Å². The third kappa shape index (κ3) is 14.0. The average Bonchev–Trinajstić information content (AvgIpc) is 2.10. The van der Waals surface area contributed by atoms with E-state index in [-0.39, 0.29) is 13.2 Å². The predicted octanol–water partition coefficient (Wildman–Crippen LogP) is 1.02. The van der Waals surface area contributed by atoms with E-state index in [9.17, 15) is 16.8 Å². The van der Waals surface area contributed by atoms with Gasteiger partial charge in [-0.25, -0.2) is 4.18 Å². The van der Waals surface area contributed by atoms with Crippen LogP contribution in [0.1, 0.15) is 6.42 Å². The van der Waals surface area contributed by atoms with Crippen molar-refractivity contribution in [1.29, 1.82) is 0 Å². The van der Waals surface area contributed by atoms with Crippen LogP contribution in [0, 0.1) is 0 Å². The molecule has 0 atom stereocenters. The predicted molar refractivity (Wildman–Crippen MR) is 73.9 cm³/mol. The Kier molecular flexibility index (Phi) is 7.40. The standard InChI is InChI=1S/C9H20O7S2Si/c1-17(10,11)14-8-6-5-7-9-15-18(12,13)16-19(2,3)4/h5-6H,7-9H2,1-4H3/b6-5+. The molecule has 0 N–H and O–H groups in total. The van der Waals surface area contributed by atoms with E-state index in [1.807, 2.05) is 0 Å². The van der Waals surface area contributed by atoms with Gasteiger partial charge < -0.3 is 0 Å². The van der Waals surface area contributed by atoms with Crippen molar-refractivity contribution >= 4 is 28.8 Å². The molecule has 0 aliphatic heterocycles. The van der Waals surface area contributed by atoms with Crippen molar-refractivity contribution in [2.75, 3.05) is 19.5 Å². The Morgan fingerprint density at radius 3 is 2.05 bits per heavy atom. The van der Waals surface area contributed by atoms with Crippen LogP contribution >= 0.6 is 0 Å². The molecule has 7 nitrogen and oxygen atoms in total. The highest BCUT2D eigenvalue weighted by atomic mass is 32.3. The van der Waals surface area contributed by atoms with Crippen LogP contribution in [0.2, 0.25) is 19.6 Å². The fourth-order valence-corrected chi connectivity index (χ4v) is 4.17. The monoisotopic (exact) mass is 332 g/mol. The van der Waals surface area contributed by atoms with Crippen LogP contribution in [0.4, 0.5) is 0 Å². The van der Waals surface area contributed by atoms with Crippen molar-refractivity contribution in [1.82, 2.24) is 0 Å². The van der Waals surface area contributed by atoms with E-state index in [1.165, 1.54) is 6.08 Å². The van der Waals surface area contributed by atoms with E-state index in [4.69, 9.17) is 3.87 Å². The summed E-state index contributed by atoms with van der Waals surface area (Å²) in [6, 6.07) is 0. The maximum absolute atomic E-state index is 11.3. The molecule has 0 unspecified atom stereocenters. The zero-order chi connectivity index (χ0) is 15.2. The zero-order valence-electron chi connectivity index (χ0n) is 11.5. The van der Waals surface area contributed by atoms with Crippen LogP contribution in [-0.2, 0) is 32.8 Å². The maximum Gasteiger partial charge on any atom is 0.390 e. The smallest absolute Gasteiger partial charge is 0.294 e. The molecular formula is C9H20O7S2Si. The quantitative estimate of drug-likeness (QED) is 0.269. The SMILES string of the molecule is C[Si](C)(C)OS(=O)(=O)OCC/C=C/COS(C)(=O)=O. The maximum atomic E-state index is 11.3. The normalized spacial score (nSPS) is 14.1. The van der Waals surface area contributed by atoms with E-state index in [0.29, 0.717) is 6.42 Å². The minimum atomic E-state index is -3.95. The van der Waals surface area contributed by atoms with Crippen molar-refractivity contribution in [3.63, 3.8) is 0 Å². The molecular weight excluding hydrogens is 312 g/mol. The Hall–Kier alpha value is -0.263. The topological polar surface area (TPSA) is 96.0 Å². The average molecular weight is 332 g/mol. The lowest BCUT2D eigenvalue weighted by molar-refractivity contribution is 0.277. The van der Waals surface area contributed by atoms with Gasteiger partial charge in [-0.3, -0.25) is 8.06 Å². The van der Waals surface area contributed by atoms with Gasteiger partial charge in [-0.15, -0.1) is 0 Å². The van der Waals surface area contributed by atoms with Crippen molar-refractivity contribution in [3.05, 3.63) is 12.2 Å². The van der Waals surface area contributed by atoms with Crippen molar-refractivity contribution < 1.29 is 29.1 Å². The first-order valence-corrected chi connectivity index (χ1v) is 12.1. The molecule has 0 aromatic carbocycles. The molecule has 0 radical (unpaired) electrons.